The molecule has 1 amide bonds. The maximum Gasteiger partial charge on any atom is 0.421 e. The number of alkyl halides is 3. The highest BCUT2D eigenvalue weighted by Gasteiger charge is 2.41. The number of halogens is 5. The van der Waals surface area contributed by atoms with Crippen molar-refractivity contribution in [2.24, 2.45) is 0 Å². The predicted octanol–water partition coefficient (Wildman–Crippen LogP) is 3.60. The second-order valence-electron chi connectivity index (χ2n) is 5.21. The smallest absolute Gasteiger partial charge is 0.377 e. The average Bonchev–Trinajstić information content (AvgIpc) is 3.00. The lowest BCUT2D eigenvalue weighted by Crippen LogP contribution is -2.21. The molecule has 1 aromatic carbocycles. The van der Waals surface area contributed by atoms with Crippen molar-refractivity contribution >= 4 is 34.4 Å². The van der Waals surface area contributed by atoms with Crippen molar-refractivity contribution in [3.8, 4) is 0 Å². The number of aromatic amines is 1. The van der Waals surface area contributed by atoms with Crippen LogP contribution in [0.25, 0.3) is 11.2 Å². The topological polar surface area (TPSA) is 90.9 Å². The van der Waals surface area contributed by atoms with E-state index in [1.807, 2.05) is 0 Å². The maximum absolute atomic E-state index is 13.2. The summed E-state index contributed by atoms with van der Waals surface area (Å²) < 4.78 is 51.0. The van der Waals surface area contributed by atoms with Gasteiger partial charge in [-0.2, -0.15) is 13.2 Å². The molecule has 0 aliphatic rings. The molecule has 6 nitrogen and oxygen atoms in total. The number of benzene rings is 1. The zero-order chi connectivity index (χ0) is 19.1. The Morgan fingerprint density at radius 3 is 2.69 bits per heavy atom. The summed E-state index contributed by atoms with van der Waals surface area (Å²) in [5.41, 5.74) is -0.144. The first kappa shape index (κ1) is 18.1. The summed E-state index contributed by atoms with van der Waals surface area (Å²) in [5.74, 6) is -2.17. The predicted molar refractivity (Wildman–Crippen MR) is 84.3 cm³/mol. The fourth-order valence-electron chi connectivity index (χ4n) is 2.17. The third-order valence-electron chi connectivity index (χ3n) is 3.40. The molecule has 11 heteroatoms. The van der Waals surface area contributed by atoms with E-state index in [9.17, 15) is 27.5 Å². The molecule has 1 atom stereocenters. The molecule has 3 aromatic rings. The van der Waals surface area contributed by atoms with Crippen LogP contribution in [0, 0.1) is 5.82 Å². The van der Waals surface area contributed by atoms with E-state index < -0.39 is 29.8 Å². The van der Waals surface area contributed by atoms with Gasteiger partial charge in [0.15, 0.2) is 5.65 Å². The molecule has 0 radical (unpaired) electrons. The van der Waals surface area contributed by atoms with Crippen LogP contribution < -0.4 is 5.32 Å². The van der Waals surface area contributed by atoms with E-state index >= 15 is 0 Å². The first-order valence-electron chi connectivity index (χ1n) is 7.02. The van der Waals surface area contributed by atoms with Crippen molar-refractivity contribution in [3.05, 3.63) is 52.7 Å². The molecular formula is C15H9ClF4N4O2. The summed E-state index contributed by atoms with van der Waals surface area (Å²) in [4.78, 5) is 22.0. The molecule has 0 aliphatic heterocycles. The summed E-state index contributed by atoms with van der Waals surface area (Å²) in [6, 6.07) is 4.75. The third kappa shape index (κ3) is 3.46. The Morgan fingerprint density at radius 2 is 2.04 bits per heavy atom. The Morgan fingerprint density at radius 1 is 1.31 bits per heavy atom. The number of nitrogens with one attached hydrogen (secondary N) is 2. The number of pyridine rings is 1. The van der Waals surface area contributed by atoms with E-state index in [2.05, 4.69) is 20.3 Å². The fraction of sp³-hybridized carbons (Fsp3) is 0.133. The summed E-state index contributed by atoms with van der Waals surface area (Å²) in [6.07, 6.45) is -6.59. The maximum atomic E-state index is 13.2. The number of hydrogen-bond donors (Lipinski definition) is 3. The zero-order valence-electron chi connectivity index (χ0n) is 12.6. The molecule has 3 N–H and O–H groups in total. The molecule has 0 saturated heterocycles. The quantitative estimate of drug-likeness (QED) is 0.598. The second kappa shape index (κ2) is 6.54. The number of amides is 1. The van der Waals surface area contributed by atoms with Gasteiger partial charge in [0, 0.05) is 11.9 Å². The normalized spacial score (nSPS) is 13.0. The summed E-state index contributed by atoms with van der Waals surface area (Å²) in [6.45, 7) is 0. The van der Waals surface area contributed by atoms with E-state index in [0.717, 1.165) is 6.07 Å². The molecule has 0 fully saturated rings. The zero-order valence-corrected chi connectivity index (χ0v) is 13.4. The van der Waals surface area contributed by atoms with Crippen LogP contribution in [0.3, 0.4) is 0 Å². The van der Waals surface area contributed by atoms with E-state index in [1.165, 1.54) is 24.4 Å². The largest absolute Gasteiger partial charge is 0.421 e. The van der Waals surface area contributed by atoms with E-state index in [-0.39, 0.29) is 27.4 Å². The summed E-state index contributed by atoms with van der Waals surface area (Å²) in [5, 5.41) is 11.5. The molecule has 1 unspecified atom stereocenters. The highest BCUT2D eigenvalue weighted by molar-refractivity contribution is 6.31. The van der Waals surface area contributed by atoms with Gasteiger partial charge in [-0.3, -0.25) is 4.79 Å². The first-order valence-corrected chi connectivity index (χ1v) is 7.40. The molecule has 0 bridgehead atoms. The van der Waals surface area contributed by atoms with Gasteiger partial charge in [-0.05, 0) is 24.3 Å². The minimum absolute atomic E-state index is 0.0661. The highest BCUT2D eigenvalue weighted by Crippen LogP contribution is 2.32. The van der Waals surface area contributed by atoms with Gasteiger partial charge >= 0.3 is 6.18 Å². The molecule has 0 spiro atoms. The highest BCUT2D eigenvalue weighted by atomic mass is 35.5. The Balaban J connectivity index is 1.95. The lowest BCUT2D eigenvalue weighted by Gasteiger charge is -2.11. The number of nitrogens with zero attached hydrogens (tertiary/aromatic N) is 2. The van der Waals surface area contributed by atoms with Crippen LogP contribution in [0.5, 0.6) is 0 Å². The third-order valence-corrected chi connectivity index (χ3v) is 3.69. The number of imidazole rings is 1. The number of H-pyrrole nitrogens is 1. The standard InChI is InChI=1S/C15H9ClF4N4O2/c16-8-5-6(1-2-9(8)17)22-14(26)7-3-4-21-12-10(7)23-13(24-12)11(25)15(18,19)20/h1-5,11,25H,(H,22,26)(H,21,23,24). The van der Waals surface area contributed by atoms with Crippen LogP contribution in [0.4, 0.5) is 23.2 Å². The van der Waals surface area contributed by atoms with Crippen molar-refractivity contribution in [3.63, 3.8) is 0 Å². The van der Waals surface area contributed by atoms with Crippen molar-refractivity contribution < 1.29 is 27.5 Å². The number of aromatic nitrogens is 3. The van der Waals surface area contributed by atoms with Crippen molar-refractivity contribution in [2.45, 2.75) is 12.3 Å². The fourth-order valence-corrected chi connectivity index (χ4v) is 2.36. The Bertz CT molecular complexity index is 989. The average molecular weight is 389 g/mol. The van der Waals surface area contributed by atoms with E-state index in [0.29, 0.717) is 0 Å². The molecule has 136 valence electrons. The van der Waals surface area contributed by atoms with Gasteiger partial charge in [-0.15, -0.1) is 0 Å². The van der Waals surface area contributed by atoms with Gasteiger partial charge in [0.1, 0.15) is 11.6 Å². The van der Waals surface area contributed by atoms with Crippen molar-refractivity contribution in [2.75, 3.05) is 5.32 Å². The summed E-state index contributed by atoms with van der Waals surface area (Å²) >= 11 is 5.63. The number of rotatable bonds is 3. The number of carbonyl (C=O) groups excluding carboxylic acids is 1. The second-order valence-corrected chi connectivity index (χ2v) is 5.61. The van der Waals surface area contributed by atoms with E-state index in [4.69, 9.17) is 11.6 Å². The number of aliphatic hydroxyl groups is 1. The first-order chi connectivity index (χ1) is 12.2. The summed E-state index contributed by atoms with van der Waals surface area (Å²) in [7, 11) is 0. The van der Waals surface area contributed by atoms with Crippen LogP contribution in [-0.2, 0) is 0 Å². The van der Waals surface area contributed by atoms with Crippen molar-refractivity contribution in [1.82, 2.24) is 15.0 Å². The number of anilines is 1. The molecule has 2 heterocycles. The van der Waals surface area contributed by atoms with Crippen LogP contribution in [0.1, 0.15) is 22.3 Å². The molecule has 2 aromatic heterocycles. The monoisotopic (exact) mass is 388 g/mol. The Hall–Kier alpha value is -2.72. The molecular weight excluding hydrogens is 380 g/mol. The van der Waals surface area contributed by atoms with Gasteiger partial charge in [0.25, 0.3) is 5.91 Å². The minimum atomic E-state index is -4.93. The Labute approximate surface area is 147 Å². The van der Waals surface area contributed by atoms with E-state index in [1.54, 1.807) is 0 Å². The van der Waals surface area contributed by atoms with Crippen LogP contribution in [-0.4, -0.2) is 32.1 Å². The minimum Gasteiger partial charge on any atom is -0.377 e. The number of aliphatic hydroxyl groups excluding tert-OH is 1. The molecule has 26 heavy (non-hydrogen) atoms. The number of carbonyl (C=O) groups is 1. The SMILES string of the molecule is O=C(Nc1ccc(F)c(Cl)c1)c1ccnc2nc(C(O)C(F)(F)F)[nH]c12. The van der Waals surface area contributed by atoms with Crippen LogP contribution >= 0.6 is 11.6 Å². The molecule has 3 rings (SSSR count). The van der Waals surface area contributed by atoms with Gasteiger partial charge in [0.2, 0.25) is 6.10 Å². The van der Waals surface area contributed by atoms with Gasteiger partial charge < -0.3 is 15.4 Å². The van der Waals surface area contributed by atoms with Gasteiger partial charge in [-0.25, -0.2) is 14.4 Å². The lowest BCUT2D eigenvalue weighted by molar-refractivity contribution is -0.208. The van der Waals surface area contributed by atoms with Crippen LogP contribution in [0.2, 0.25) is 5.02 Å². The van der Waals surface area contributed by atoms with Crippen LogP contribution in [0.15, 0.2) is 30.5 Å². The van der Waals surface area contributed by atoms with Gasteiger partial charge in [0.05, 0.1) is 16.1 Å². The van der Waals surface area contributed by atoms with Gasteiger partial charge in [-0.1, -0.05) is 11.6 Å². The lowest BCUT2D eigenvalue weighted by atomic mass is 10.2. The molecule has 0 aliphatic carbocycles. The van der Waals surface area contributed by atoms with Crippen molar-refractivity contribution in [1.29, 1.82) is 0 Å². The number of hydrogen-bond acceptors (Lipinski definition) is 4. The Kier molecular flexibility index (Phi) is 4.55. The number of fused-ring (bicyclic) bond motifs is 1. The molecule has 0 saturated carbocycles.